The van der Waals surface area contributed by atoms with Crippen LogP contribution in [-0.2, 0) is 16.9 Å². The lowest BCUT2D eigenvalue weighted by Gasteiger charge is -2.32. The summed E-state index contributed by atoms with van der Waals surface area (Å²) in [6.45, 7) is 0. The third kappa shape index (κ3) is 3.28. The van der Waals surface area contributed by atoms with E-state index in [2.05, 4.69) is 4.98 Å². The van der Waals surface area contributed by atoms with Crippen molar-refractivity contribution in [3.63, 3.8) is 0 Å². The molecule has 0 saturated heterocycles. The summed E-state index contributed by atoms with van der Waals surface area (Å²) < 4.78 is 41.8. The van der Waals surface area contributed by atoms with Crippen LogP contribution in [0.1, 0.15) is 42.2 Å². The first-order valence-electron chi connectivity index (χ1n) is 7.82. The molecule has 0 bridgehead atoms. The fourth-order valence-electron chi connectivity index (χ4n) is 3.12. The number of alkyl halides is 1. The van der Waals surface area contributed by atoms with E-state index in [1.165, 1.54) is 18.3 Å². The van der Waals surface area contributed by atoms with Gasteiger partial charge in [0.25, 0.3) is 0 Å². The molecule has 0 amide bonds. The molecular formula is C18H15ClF3NO2. The number of aliphatic hydroxyl groups is 1. The van der Waals surface area contributed by atoms with Gasteiger partial charge < -0.3 is 5.11 Å². The number of aryl methyl sites for hydroxylation is 1. The van der Waals surface area contributed by atoms with Gasteiger partial charge in [0.2, 0.25) is 0 Å². The van der Waals surface area contributed by atoms with E-state index in [0.717, 1.165) is 12.1 Å². The number of aromatic nitrogens is 1. The number of fused-ring (bicyclic) bond motifs is 1. The first-order valence-corrected chi connectivity index (χ1v) is 8.20. The molecule has 3 rings (SSSR count). The molecule has 1 aromatic carbocycles. The van der Waals surface area contributed by atoms with Gasteiger partial charge in [-0.05, 0) is 43.0 Å². The Morgan fingerprint density at radius 2 is 2.08 bits per heavy atom. The van der Waals surface area contributed by atoms with Crippen LogP contribution in [0, 0.1) is 11.6 Å². The Balaban J connectivity index is 1.82. The molecular weight excluding hydrogens is 355 g/mol. The van der Waals surface area contributed by atoms with Crippen molar-refractivity contribution in [2.45, 2.75) is 37.5 Å². The summed E-state index contributed by atoms with van der Waals surface area (Å²) >= 11 is 5.85. The molecule has 2 aromatic rings. The van der Waals surface area contributed by atoms with E-state index in [0.29, 0.717) is 0 Å². The minimum atomic E-state index is -2.26. The summed E-state index contributed by atoms with van der Waals surface area (Å²) in [4.78, 5) is 16.5. The number of rotatable bonds is 4. The maximum atomic E-state index is 15.4. The van der Waals surface area contributed by atoms with Crippen LogP contribution in [0.25, 0.3) is 0 Å². The molecule has 0 saturated carbocycles. The second kappa shape index (κ2) is 6.77. The highest BCUT2D eigenvalue weighted by Crippen LogP contribution is 2.43. The highest BCUT2D eigenvalue weighted by atomic mass is 35.5. The SMILES string of the molecule is O=C(CCc1cc(F)c(F)cc1Cl)[C@]1(F)CC[C@@H](O)c2ncccc21. The molecule has 132 valence electrons. The Kier molecular flexibility index (Phi) is 4.84. The molecule has 25 heavy (non-hydrogen) atoms. The molecule has 0 aliphatic heterocycles. The molecule has 2 atom stereocenters. The number of hydrogen-bond acceptors (Lipinski definition) is 3. The molecule has 1 aromatic heterocycles. The van der Waals surface area contributed by atoms with Crippen LogP contribution in [0.4, 0.5) is 13.2 Å². The Morgan fingerprint density at radius 3 is 2.84 bits per heavy atom. The monoisotopic (exact) mass is 369 g/mol. The lowest BCUT2D eigenvalue weighted by atomic mass is 9.77. The quantitative estimate of drug-likeness (QED) is 0.821. The molecule has 0 radical (unpaired) electrons. The predicted octanol–water partition coefficient (Wildman–Crippen LogP) is 4.21. The van der Waals surface area contributed by atoms with Gasteiger partial charge in [-0.15, -0.1) is 0 Å². The number of carbonyl (C=O) groups excluding carboxylic acids is 1. The largest absolute Gasteiger partial charge is 0.387 e. The van der Waals surface area contributed by atoms with Crippen molar-refractivity contribution in [1.29, 1.82) is 0 Å². The zero-order chi connectivity index (χ0) is 18.2. The zero-order valence-electron chi connectivity index (χ0n) is 13.1. The third-order valence-electron chi connectivity index (χ3n) is 4.50. The number of hydrogen-bond donors (Lipinski definition) is 1. The van der Waals surface area contributed by atoms with Crippen molar-refractivity contribution in [2.75, 3.05) is 0 Å². The molecule has 1 aliphatic rings. The second-order valence-corrected chi connectivity index (χ2v) is 6.48. The highest BCUT2D eigenvalue weighted by molar-refractivity contribution is 6.31. The molecule has 0 fully saturated rings. The summed E-state index contributed by atoms with van der Waals surface area (Å²) in [7, 11) is 0. The van der Waals surface area contributed by atoms with Crippen molar-refractivity contribution in [3.05, 3.63) is 63.9 Å². The van der Waals surface area contributed by atoms with E-state index in [9.17, 15) is 18.7 Å². The minimum absolute atomic E-state index is 0.0132. The van der Waals surface area contributed by atoms with Crippen LogP contribution in [-0.4, -0.2) is 15.9 Å². The standard InChI is InChI=1S/C18H15ClF3NO2/c19-12-9-14(21)13(20)8-10(12)3-4-16(25)18(22)6-5-15(24)17-11(18)2-1-7-23-17/h1-2,7-9,15,24H,3-6H2/t15-,18+/m1/s1. The molecule has 7 heteroatoms. The van der Waals surface area contributed by atoms with Gasteiger partial charge in [-0.3, -0.25) is 9.78 Å². The molecule has 1 heterocycles. The highest BCUT2D eigenvalue weighted by Gasteiger charge is 2.45. The van der Waals surface area contributed by atoms with Crippen LogP contribution < -0.4 is 0 Å². The van der Waals surface area contributed by atoms with E-state index in [-0.39, 0.29) is 47.5 Å². The summed E-state index contributed by atoms with van der Waals surface area (Å²) in [6.07, 6.45) is 0.201. The average molecular weight is 370 g/mol. The normalized spacial score (nSPS) is 22.5. The van der Waals surface area contributed by atoms with E-state index in [1.807, 2.05) is 0 Å². The van der Waals surface area contributed by atoms with Gasteiger partial charge in [-0.25, -0.2) is 13.2 Å². The van der Waals surface area contributed by atoms with Gasteiger partial charge in [-0.1, -0.05) is 17.7 Å². The lowest BCUT2D eigenvalue weighted by Crippen LogP contribution is -2.36. The Bertz CT molecular complexity index is 830. The minimum Gasteiger partial charge on any atom is -0.387 e. The first kappa shape index (κ1) is 17.9. The number of pyridine rings is 1. The fourth-order valence-corrected chi connectivity index (χ4v) is 3.36. The number of aliphatic hydroxyl groups excluding tert-OH is 1. The van der Waals surface area contributed by atoms with Crippen molar-refractivity contribution >= 4 is 17.4 Å². The maximum Gasteiger partial charge on any atom is 0.195 e. The zero-order valence-corrected chi connectivity index (χ0v) is 13.9. The van der Waals surface area contributed by atoms with Gasteiger partial charge in [0.1, 0.15) is 0 Å². The van der Waals surface area contributed by atoms with Gasteiger partial charge >= 0.3 is 0 Å². The molecule has 0 unspecified atom stereocenters. The van der Waals surface area contributed by atoms with Crippen molar-refractivity contribution in [1.82, 2.24) is 4.98 Å². The van der Waals surface area contributed by atoms with E-state index < -0.39 is 29.2 Å². The van der Waals surface area contributed by atoms with Crippen molar-refractivity contribution in [3.8, 4) is 0 Å². The second-order valence-electron chi connectivity index (χ2n) is 6.07. The molecule has 1 aliphatic carbocycles. The smallest absolute Gasteiger partial charge is 0.195 e. The summed E-state index contributed by atoms with van der Waals surface area (Å²) in [5, 5.41) is 9.93. The number of benzene rings is 1. The van der Waals surface area contributed by atoms with Gasteiger partial charge in [-0.2, -0.15) is 0 Å². The predicted molar refractivity (Wildman–Crippen MR) is 85.9 cm³/mol. The Morgan fingerprint density at radius 1 is 1.36 bits per heavy atom. The van der Waals surface area contributed by atoms with E-state index >= 15 is 4.39 Å². The lowest BCUT2D eigenvalue weighted by molar-refractivity contribution is -0.133. The van der Waals surface area contributed by atoms with Crippen LogP contribution in [0.5, 0.6) is 0 Å². The molecule has 3 nitrogen and oxygen atoms in total. The van der Waals surface area contributed by atoms with Crippen LogP contribution in [0.2, 0.25) is 5.02 Å². The summed E-state index contributed by atoms with van der Waals surface area (Å²) in [6, 6.07) is 4.69. The van der Waals surface area contributed by atoms with Crippen LogP contribution in [0.3, 0.4) is 0 Å². The van der Waals surface area contributed by atoms with Crippen LogP contribution >= 0.6 is 11.6 Å². The van der Waals surface area contributed by atoms with Gasteiger partial charge in [0, 0.05) is 23.2 Å². The molecule has 1 N–H and O–H groups in total. The van der Waals surface area contributed by atoms with Gasteiger partial charge in [0.05, 0.1) is 11.8 Å². The summed E-state index contributed by atoms with van der Waals surface area (Å²) in [5.41, 5.74) is -1.79. The Hall–Kier alpha value is -1.92. The number of nitrogens with zero attached hydrogens (tertiary/aromatic N) is 1. The third-order valence-corrected chi connectivity index (χ3v) is 4.85. The van der Waals surface area contributed by atoms with Crippen molar-refractivity contribution < 1.29 is 23.1 Å². The number of halogens is 4. The van der Waals surface area contributed by atoms with Gasteiger partial charge in [0.15, 0.2) is 23.1 Å². The van der Waals surface area contributed by atoms with Crippen LogP contribution in [0.15, 0.2) is 30.5 Å². The summed E-state index contributed by atoms with van der Waals surface area (Å²) in [5.74, 6) is -2.85. The average Bonchev–Trinajstić information content (AvgIpc) is 2.60. The van der Waals surface area contributed by atoms with E-state index in [1.54, 1.807) is 0 Å². The Labute approximate surface area is 147 Å². The molecule has 0 spiro atoms. The first-order chi connectivity index (χ1) is 11.8. The topological polar surface area (TPSA) is 50.2 Å². The number of carbonyl (C=O) groups is 1. The fraction of sp³-hybridized carbons (Fsp3) is 0.333. The maximum absolute atomic E-state index is 15.4. The number of ketones is 1. The van der Waals surface area contributed by atoms with Crippen molar-refractivity contribution in [2.24, 2.45) is 0 Å². The number of Topliss-reactive ketones (excluding diaryl/α,β-unsaturated/α-hetero) is 1. The van der Waals surface area contributed by atoms with E-state index in [4.69, 9.17) is 11.6 Å².